The molecule has 0 aliphatic rings. The summed E-state index contributed by atoms with van der Waals surface area (Å²) in [6.07, 6.45) is 1.63. The molecule has 3 nitrogen and oxygen atoms in total. The Morgan fingerprint density at radius 1 is 1.44 bits per heavy atom. The molecule has 1 heterocycles. The molecule has 0 amide bonds. The molecule has 0 unspecified atom stereocenters. The fraction of sp³-hybridized carbons (Fsp3) is 0.357. The van der Waals surface area contributed by atoms with Crippen LogP contribution in [-0.2, 0) is 18.3 Å². The summed E-state index contributed by atoms with van der Waals surface area (Å²) in [5.74, 6) is -0.745. The SMILES string of the molecule is Cc1c(CCCC(=O)O)c2cccc(Cl)c2n1C. The third-order valence-corrected chi connectivity index (χ3v) is 3.71. The highest BCUT2D eigenvalue weighted by Gasteiger charge is 2.13. The molecule has 0 fully saturated rings. The molecule has 0 bridgehead atoms. The van der Waals surface area contributed by atoms with Crippen LogP contribution in [0.1, 0.15) is 24.1 Å². The van der Waals surface area contributed by atoms with Gasteiger partial charge >= 0.3 is 5.97 Å². The van der Waals surface area contributed by atoms with Gasteiger partial charge in [-0.2, -0.15) is 0 Å². The molecule has 0 saturated carbocycles. The second-order valence-corrected chi connectivity index (χ2v) is 4.91. The summed E-state index contributed by atoms with van der Waals surface area (Å²) < 4.78 is 2.08. The van der Waals surface area contributed by atoms with Crippen molar-refractivity contribution in [1.29, 1.82) is 0 Å². The van der Waals surface area contributed by atoms with Crippen molar-refractivity contribution in [1.82, 2.24) is 4.57 Å². The summed E-state index contributed by atoms with van der Waals surface area (Å²) >= 11 is 6.22. The van der Waals surface area contributed by atoms with E-state index in [1.165, 1.54) is 5.56 Å². The Labute approximate surface area is 111 Å². The Hall–Kier alpha value is -1.48. The topological polar surface area (TPSA) is 42.2 Å². The van der Waals surface area contributed by atoms with Crippen molar-refractivity contribution in [3.8, 4) is 0 Å². The lowest BCUT2D eigenvalue weighted by Crippen LogP contribution is -1.97. The number of aromatic nitrogens is 1. The maximum Gasteiger partial charge on any atom is 0.303 e. The van der Waals surface area contributed by atoms with Crippen LogP contribution < -0.4 is 0 Å². The highest BCUT2D eigenvalue weighted by molar-refractivity contribution is 6.35. The summed E-state index contributed by atoms with van der Waals surface area (Å²) in [7, 11) is 1.99. The predicted octanol–water partition coefficient (Wildman–Crippen LogP) is 3.55. The zero-order chi connectivity index (χ0) is 13.3. The van der Waals surface area contributed by atoms with E-state index in [4.69, 9.17) is 16.7 Å². The van der Waals surface area contributed by atoms with Gasteiger partial charge in [0.1, 0.15) is 0 Å². The van der Waals surface area contributed by atoms with Gasteiger partial charge in [0.2, 0.25) is 0 Å². The molecule has 0 aliphatic carbocycles. The van der Waals surface area contributed by atoms with Crippen LogP contribution in [0.25, 0.3) is 10.9 Å². The summed E-state index contributed by atoms with van der Waals surface area (Å²) in [4.78, 5) is 10.6. The van der Waals surface area contributed by atoms with Crippen molar-refractivity contribution < 1.29 is 9.90 Å². The van der Waals surface area contributed by atoms with Gasteiger partial charge in [0.25, 0.3) is 0 Å². The minimum Gasteiger partial charge on any atom is -0.481 e. The average molecular weight is 266 g/mol. The molecule has 96 valence electrons. The number of nitrogens with zero attached hydrogens (tertiary/aromatic N) is 1. The first-order valence-corrected chi connectivity index (χ1v) is 6.34. The second kappa shape index (κ2) is 5.02. The van der Waals surface area contributed by atoms with Crippen molar-refractivity contribution in [2.45, 2.75) is 26.2 Å². The number of fused-ring (bicyclic) bond motifs is 1. The van der Waals surface area contributed by atoms with E-state index in [2.05, 4.69) is 4.57 Å². The first-order chi connectivity index (χ1) is 8.52. The van der Waals surface area contributed by atoms with Crippen molar-refractivity contribution in [3.63, 3.8) is 0 Å². The molecule has 4 heteroatoms. The van der Waals surface area contributed by atoms with Crippen molar-refractivity contribution in [2.24, 2.45) is 7.05 Å². The summed E-state index contributed by atoms with van der Waals surface area (Å²) in [5.41, 5.74) is 3.39. The van der Waals surface area contributed by atoms with Gasteiger partial charge in [-0.25, -0.2) is 0 Å². The van der Waals surface area contributed by atoms with Gasteiger partial charge in [-0.15, -0.1) is 0 Å². The molecule has 18 heavy (non-hydrogen) atoms. The predicted molar refractivity (Wildman–Crippen MR) is 73.2 cm³/mol. The zero-order valence-corrected chi connectivity index (χ0v) is 11.3. The van der Waals surface area contributed by atoms with E-state index in [0.29, 0.717) is 6.42 Å². The van der Waals surface area contributed by atoms with E-state index in [9.17, 15) is 4.79 Å². The molecule has 0 saturated heterocycles. The van der Waals surface area contributed by atoms with Crippen LogP contribution >= 0.6 is 11.6 Å². The number of aliphatic carboxylic acids is 1. The molecule has 0 aliphatic heterocycles. The average Bonchev–Trinajstić information content (AvgIpc) is 2.55. The fourth-order valence-electron chi connectivity index (χ4n) is 2.40. The molecule has 1 aromatic carbocycles. The first kappa shape index (κ1) is 13.0. The monoisotopic (exact) mass is 265 g/mol. The molecule has 0 radical (unpaired) electrons. The van der Waals surface area contributed by atoms with Crippen molar-refractivity contribution >= 4 is 28.5 Å². The Bertz CT molecular complexity index is 601. The Kier molecular flexibility index (Phi) is 3.62. The lowest BCUT2D eigenvalue weighted by molar-refractivity contribution is -0.137. The highest BCUT2D eigenvalue weighted by Crippen LogP contribution is 2.31. The van der Waals surface area contributed by atoms with Gasteiger partial charge in [-0.1, -0.05) is 23.7 Å². The third kappa shape index (κ3) is 2.23. The number of aryl methyl sites for hydroxylation is 2. The van der Waals surface area contributed by atoms with Crippen molar-refractivity contribution in [2.75, 3.05) is 0 Å². The van der Waals surface area contributed by atoms with E-state index in [1.807, 2.05) is 32.2 Å². The maximum absolute atomic E-state index is 10.6. The van der Waals surface area contributed by atoms with Crippen LogP contribution in [0.15, 0.2) is 18.2 Å². The minimum atomic E-state index is -0.745. The Morgan fingerprint density at radius 2 is 2.17 bits per heavy atom. The lowest BCUT2D eigenvalue weighted by Gasteiger charge is -2.01. The van der Waals surface area contributed by atoms with Gasteiger partial charge in [-0.05, 0) is 31.4 Å². The van der Waals surface area contributed by atoms with E-state index in [1.54, 1.807) is 0 Å². The van der Waals surface area contributed by atoms with E-state index in [-0.39, 0.29) is 6.42 Å². The number of hydrogen-bond donors (Lipinski definition) is 1. The smallest absolute Gasteiger partial charge is 0.303 e. The van der Waals surface area contributed by atoms with Crippen LogP contribution in [0.3, 0.4) is 0 Å². The molecular formula is C14H16ClNO2. The molecule has 0 spiro atoms. The number of carbonyl (C=O) groups is 1. The number of carboxylic acids is 1. The van der Waals surface area contributed by atoms with Crippen LogP contribution in [-0.4, -0.2) is 15.6 Å². The number of carboxylic acid groups (broad SMARTS) is 1. The van der Waals surface area contributed by atoms with Crippen LogP contribution in [0.2, 0.25) is 5.02 Å². The van der Waals surface area contributed by atoms with Crippen LogP contribution in [0, 0.1) is 6.92 Å². The lowest BCUT2D eigenvalue weighted by atomic mass is 10.0. The second-order valence-electron chi connectivity index (χ2n) is 4.51. The Morgan fingerprint density at radius 3 is 2.83 bits per heavy atom. The summed E-state index contributed by atoms with van der Waals surface area (Å²) in [6, 6.07) is 5.86. The Balaban J connectivity index is 2.41. The number of benzene rings is 1. The number of rotatable bonds is 4. The summed E-state index contributed by atoms with van der Waals surface area (Å²) in [5, 5.41) is 10.6. The molecule has 2 aromatic rings. The van der Waals surface area contributed by atoms with Gasteiger partial charge in [0, 0.05) is 24.5 Å². The van der Waals surface area contributed by atoms with Crippen molar-refractivity contribution in [3.05, 3.63) is 34.5 Å². The molecular weight excluding hydrogens is 250 g/mol. The maximum atomic E-state index is 10.6. The highest BCUT2D eigenvalue weighted by atomic mass is 35.5. The van der Waals surface area contributed by atoms with Crippen LogP contribution in [0.4, 0.5) is 0 Å². The van der Waals surface area contributed by atoms with Gasteiger partial charge in [0.15, 0.2) is 0 Å². The number of para-hydroxylation sites is 1. The summed E-state index contributed by atoms with van der Waals surface area (Å²) in [6.45, 7) is 2.05. The molecule has 1 N–H and O–H groups in total. The van der Waals surface area contributed by atoms with Gasteiger partial charge in [-0.3, -0.25) is 4.79 Å². The zero-order valence-electron chi connectivity index (χ0n) is 10.5. The first-order valence-electron chi connectivity index (χ1n) is 5.96. The third-order valence-electron chi connectivity index (χ3n) is 3.40. The normalized spacial score (nSPS) is 11.1. The van der Waals surface area contributed by atoms with E-state index < -0.39 is 5.97 Å². The standard InChI is InChI=1S/C14H16ClNO2/c1-9-10(5-4-8-13(17)18)11-6-3-7-12(15)14(11)16(9)2/h3,6-7H,4-5,8H2,1-2H3,(H,17,18). The van der Waals surface area contributed by atoms with E-state index in [0.717, 1.165) is 28.0 Å². The molecule has 0 atom stereocenters. The fourth-order valence-corrected chi connectivity index (χ4v) is 2.70. The van der Waals surface area contributed by atoms with Gasteiger partial charge in [0.05, 0.1) is 10.5 Å². The van der Waals surface area contributed by atoms with E-state index >= 15 is 0 Å². The number of hydrogen-bond acceptors (Lipinski definition) is 1. The van der Waals surface area contributed by atoms with Crippen LogP contribution in [0.5, 0.6) is 0 Å². The number of halogens is 1. The molecule has 1 aromatic heterocycles. The minimum absolute atomic E-state index is 0.205. The van der Waals surface area contributed by atoms with Gasteiger partial charge < -0.3 is 9.67 Å². The molecule has 2 rings (SSSR count). The quantitative estimate of drug-likeness (QED) is 0.919. The largest absolute Gasteiger partial charge is 0.481 e.